The minimum Gasteiger partial charge on any atom is -0.353 e. The normalized spacial score (nSPS) is 11.9. The molecular weight excluding hydrogens is 334 g/mol. The van der Waals surface area contributed by atoms with Crippen LogP contribution in [-0.2, 0) is 17.6 Å². The summed E-state index contributed by atoms with van der Waals surface area (Å²) in [5.74, 6) is 0.197. The highest BCUT2D eigenvalue weighted by molar-refractivity contribution is 7.99. The minimum atomic E-state index is -0.169. The van der Waals surface area contributed by atoms with Gasteiger partial charge >= 0.3 is 0 Å². The molecule has 5 nitrogen and oxygen atoms in total. The van der Waals surface area contributed by atoms with Crippen molar-refractivity contribution < 1.29 is 4.79 Å². The number of nitrogens with zero attached hydrogens (tertiary/aromatic N) is 1. The third-order valence-corrected chi connectivity index (χ3v) is 4.61. The number of H-pyrrole nitrogens is 1. The van der Waals surface area contributed by atoms with Gasteiger partial charge in [0.05, 0.1) is 5.75 Å². The maximum atomic E-state index is 12.1. The lowest BCUT2D eigenvalue weighted by molar-refractivity contribution is -0.119. The Morgan fingerprint density at radius 2 is 2.04 bits per heavy atom. The highest BCUT2D eigenvalue weighted by atomic mass is 32.2. The maximum absolute atomic E-state index is 12.1. The van der Waals surface area contributed by atoms with Crippen molar-refractivity contribution in [3.05, 3.63) is 58.0 Å². The number of aryl methyl sites for hydroxylation is 2. The molecule has 0 spiro atoms. The number of aromatic amines is 1. The van der Waals surface area contributed by atoms with Crippen molar-refractivity contribution in [2.24, 2.45) is 0 Å². The number of rotatable bonds is 9. The lowest BCUT2D eigenvalue weighted by atomic mass is 10.1. The number of carbonyl (C=O) groups is 1. The summed E-state index contributed by atoms with van der Waals surface area (Å²) in [6, 6.07) is 11.8. The first-order valence-electron chi connectivity index (χ1n) is 8.63. The number of carbonyl (C=O) groups excluding carboxylic acids is 1. The molecule has 2 aromatic rings. The molecule has 0 aliphatic carbocycles. The summed E-state index contributed by atoms with van der Waals surface area (Å²) in [6.45, 7) is 4.05. The molecule has 2 rings (SSSR count). The van der Waals surface area contributed by atoms with Crippen LogP contribution in [0.3, 0.4) is 0 Å². The van der Waals surface area contributed by atoms with Gasteiger partial charge in [-0.1, -0.05) is 55.4 Å². The van der Waals surface area contributed by atoms with Crippen LogP contribution < -0.4 is 10.9 Å². The van der Waals surface area contributed by atoms with Crippen molar-refractivity contribution in [3.8, 4) is 0 Å². The quantitative estimate of drug-likeness (QED) is 0.533. The third-order valence-electron chi connectivity index (χ3n) is 3.74. The monoisotopic (exact) mass is 359 g/mol. The predicted molar refractivity (Wildman–Crippen MR) is 102 cm³/mol. The van der Waals surface area contributed by atoms with Gasteiger partial charge in [0.25, 0.3) is 5.56 Å². The maximum Gasteiger partial charge on any atom is 0.251 e. The molecule has 0 aliphatic heterocycles. The number of hydrogen-bond acceptors (Lipinski definition) is 4. The van der Waals surface area contributed by atoms with Crippen LogP contribution in [0.25, 0.3) is 0 Å². The van der Waals surface area contributed by atoms with E-state index < -0.39 is 0 Å². The lowest BCUT2D eigenvalue weighted by Gasteiger charge is -2.13. The van der Waals surface area contributed by atoms with E-state index in [9.17, 15) is 9.59 Å². The molecule has 1 aromatic carbocycles. The molecule has 0 fully saturated rings. The van der Waals surface area contributed by atoms with Gasteiger partial charge in [0.15, 0.2) is 5.16 Å². The Bertz CT molecular complexity index is 731. The van der Waals surface area contributed by atoms with E-state index in [2.05, 4.69) is 27.4 Å². The molecule has 0 aliphatic rings. The van der Waals surface area contributed by atoms with Gasteiger partial charge in [-0.2, -0.15) is 0 Å². The van der Waals surface area contributed by atoms with Gasteiger partial charge in [-0.15, -0.1) is 0 Å². The smallest absolute Gasteiger partial charge is 0.251 e. The van der Waals surface area contributed by atoms with E-state index in [-0.39, 0.29) is 23.3 Å². The van der Waals surface area contributed by atoms with E-state index in [1.165, 1.54) is 23.4 Å². The second-order valence-electron chi connectivity index (χ2n) is 6.07. The van der Waals surface area contributed by atoms with Crippen molar-refractivity contribution in [1.29, 1.82) is 0 Å². The summed E-state index contributed by atoms with van der Waals surface area (Å²) in [5.41, 5.74) is 1.87. The topological polar surface area (TPSA) is 74.8 Å². The Kier molecular flexibility index (Phi) is 7.73. The first kappa shape index (κ1) is 19.2. The first-order chi connectivity index (χ1) is 12.1. The number of nitrogens with one attached hydrogen (secondary N) is 2. The number of amides is 1. The fraction of sp³-hybridized carbons (Fsp3) is 0.421. The average Bonchev–Trinajstić information content (AvgIpc) is 2.59. The zero-order chi connectivity index (χ0) is 18.1. The van der Waals surface area contributed by atoms with Crippen molar-refractivity contribution in [3.63, 3.8) is 0 Å². The van der Waals surface area contributed by atoms with Crippen molar-refractivity contribution in [2.45, 2.75) is 50.7 Å². The molecule has 25 heavy (non-hydrogen) atoms. The number of benzene rings is 1. The van der Waals surface area contributed by atoms with Crippen LogP contribution in [0.4, 0.5) is 0 Å². The summed E-state index contributed by atoms with van der Waals surface area (Å²) in [7, 11) is 0. The van der Waals surface area contributed by atoms with E-state index in [1.54, 1.807) is 0 Å². The van der Waals surface area contributed by atoms with Gasteiger partial charge in [-0.05, 0) is 31.7 Å². The number of thioether (sulfide) groups is 1. The molecule has 134 valence electrons. The summed E-state index contributed by atoms with van der Waals surface area (Å²) < 4.78 is 0. The fourth-order valence-electron chi connectivity index (χ4n) is 2.49. The molecular formula is C19H25N3O2S. The van der Waals surface area contributed by atoms with Gasteiger partial charge < -0.3 is 10.3 Å². The van der Waals surface area contributed by atoms with Gasteiger partial charge in [-0.3, -0.25) is 9.59 Å². The van der Waals surface area contributed by atoms with Crippen molar-refractivity contribution in [1.82, 2.24) is 15.3 Å². The Labute approximate surface area is 152 Å². The minimum absolute atomic E-state index is 0.0471. The van der Waals surface area contributed by atoms with Crippen LogP contribution in [-0.4, -0.2) is 27.7 Å². The van der Waals surface area contributed by atoms with E-state index in [1.807, 2.05) is 32.0 Å². The molecule has 0 bridgehead atoms. The standard InChI is InChI=1S/C19H25N3O2S/c1-3-7-16-12-17(23)22-19(21-16)25-13-18(24)20-14(2)10-11-15-8-5-4-6-9-15/h4-6,8-9,12,14H,3,7,10-11,13H2,1-2H3,(H,20,24)(H,21,22,23)/t14-/m0/s1. The lowest BCUT2D eigenvalue weighted by Crippen LogP contribution is -2.34. The molecule has 0 saturated heterocycles. The van der Waals surface area contributed by atoms with E-state index in [0.29, 0.717) is 5.16 Å². The van der Waals surface area contributed by atoms with E-state index in [4.69, 9.17) is 0 Å². The molecule has 2 N–H and O–H groups in total. The second-order valence-corrected chi connectivity index (χ2v) is 7.04. The Hall–Kier alpha value is -2.08. The summed E-state index contributed by atoms with van der Waals surface area (Å²) in [5, 5.41) is 3.50. The largest absolute Gasteiger partial charge is 0.353 e. The molecule has 0 radical (unpaired) electrons. The van der Waals surface area contributed by atoms with Gasteiger partial charge in [-0.25, -0.2) is 4.98 Å². The Morgan fingerprint density at radius 3 is 2.76 bits per heavy atom. The molecule has 1 amide bonds. The summed E-state index contributed by atoms with van der Waals surface area (Å²) >= 11 is 1.26. The summed E-state index contributed by atoms with van der Waals surface area (Å²) in [4.78, 5) is 30.8. The van der Waals surface area contributed by atoms with Crippen LogP contribution >= 0.6 is 11.8 Å². The van der Waals surface area contributed by atoms with Crippen LogP contribution in [0.5, 0.6) is 0 Å². The number of aromatic nitrogens is 2. The number of hydrogen-bond donors (Lipinski definition) is 2. The van der Waals surface area contributed by atoms with Gasteiger partial charge in [0.1, 0.15) is 0 Å². The van der Waals surface area contributed by atoms with Crippen LogP contribution in [0.2, 0.25) is 0 Å². The molecule has 1 heterocycles. The fourth-order valence-corrected chi connectivity index (χ4v) is 3.19. The van der Waals surface area contributed by atoms with Crippen LogP contribution in [0.15, 0.2) is 46.3 Å². The molecule has 1 atom stereocenters. The van der Waals surface area contributed by atoms with Crippen molar-refractivity contribution in [2.75, 3.05) is 5.75 Å². The zero-order valence-corrected chi connectivity index (χ0v) is 15.6. The van der Waals surface area contributed by atoms with Gasteiger partial charge in [0.2, 0.25) is 5.91 Å². The molecule has 0 unspecified atom stereocenters. The van der Waals surface area contributed by atoms with Crippen LogP contribution in [0.1, 0.15) is 37.9 Å². The molecule has 1 aromatic heterocycles. The predicted octanol–water partition coefficient (Wildman–Crippen LogP) is 2.95. The third kappa shape index (κ3) is 7.13. The average molecular weight is 359 g/mol. The summed E-state index contributed by atoms with van der Waals surface area (Å²) in [6.07, 6.45) is 3.52. The van der Waals surface area contributed by atoms with Crippen LogP contribution in [0, 0.1) is 0 Å². The zero-order valence-electron chi connectivity index (χ0n) is 14.7. The second kappa shape index (κ2) is 10.0. The first-order valence-corrected chi connectivity index (χ1v) is 9.61. The Morgan fingerprint density at radius 1 is 1.28 bits per heavy atom. The Balaban J connectivity index is 1.77. The highest BCUT2D eigenvalue weighted by Crippen LogP contribution is 2.12. The van der Waals surface area contributed by atoms with Gasteiger partial charge in [0, 0.05) is 17.8 Å². The SMILES string of the molecule is CCCc1cc(=O)[nH]c(SCC(=O)N[C@@H](C)CCc2ccccc2)n1. The molecule has 6 heteroatoms. The van der Waals surface area contributed by atoms with E-state index >= 15 is 0 Å². The van der Waals surface area contributed by atoms with Crippen molar-refractivity contribution >= 4 is 17.7 Å². The molecule has 0 saturated carbocycles. The highest BCUT2D eigenvalue weighted by Gasteiger charge is 2.10. The van der Waals surface area contributed by atoms with E-state index in [0.717, 1.165) is 31.4 Å².